The fourth-order valence-electron chi connectivity index (χ4n) is 3.35. The highest BCUT2D eigenvalue weighted by atomic mass is 19.4. The Morgan fingerprint density at radius 2 is 1.48 bits per heavy atom. The summed E-state index contributed by atoms with van der Waals surface area (Å²) in [6.45, 7) is 0.810. The second-order valence-corrected chi connectivity index (χ2v) is 7.32. The van der Waals surface area contributed by atoms with E-state index in [9.17, 15) is 26.3 Å². The third-order valence-electron chi connectivity index (χ3n) is 5.00. The average Bonchev–Trinajstić information content (AvgIpc) is 3.43. The van der Waals surface area contributed by atoms with E-state index in [-0.39, 0.29) is 0 Å². The standard InChI is InChI=1S/C21H18F6N6/c22-20(23,24)14-3-1-5-16(11-14)32-9-7-18(30-32)28-13-29-19-8-10-33(31-19)17-6-2-4-15(12-17)21(25,26)27/h1-6,11-13H,7-10H2,(H,28,29,30,31). The average molecular weight is 468 g/mol. The Hall–Kier alpha value is -3.57. The summed E-state index contributed by atoms with van der Waals surface area (Å²) in [5.41, 5.74) is 2.12. The van der Waals surface area contributed by atoms with E-state index in [1.807, 2.05) is 0 Å². The number of halogens is 6. The number of nitrogens with one attached hydrogen (secondary N) is 1. The summed E-state index contributed by atoms with van der Waals surface area (Å²) in [5, 5.41) is 7.22. The molecule has 33 heavy (non-hydrogen) atoms. The third kappa shape index (κ3) is 5.44. The third-order valence-corrected chi connectivity index (χ3v) is 5.00. The van der Waals surface area contributed by atoms with Crippen LogP contribution in [0, 0.1) is 0 Å². The second kappa shape index (κ2) is 8.75. The SMILES string of the molecule is FC(F)(F)c1cccc(N2CCC(N=CN=C3CCN(c4cccc(C(F)(F)F)c4)N3)=N2)c1. The smallest absolute Gasteiger partial charge is 0.286 e. The highest BCUT2D eigenvalue weighted by molar-refractivity contribution is 5.97. The molecule has 0 radical (unpaired) electrons. The van der Waals surface area contributed by atoms with Crippen LogP contribution in [-0.2, 0) is 12.4 Å². The normalized spacial score (nSPS) is 18.4. The lowest BCUT2D eigenvalue weighted by molar-refractivity contribution is -0.138. The zero-order valence-corrected chi connectivity index (χ0v) is 17.0. The Balaban J connectivity index is 1.38. The maximum absolute atomic E-state index is 12.9. The maximum atomic E-state index is 12.9. The van der Waals surface area contributed by atoms with Gasteiger partial charge in [-0.3, -0.25) is 15.4 Å². The van der Waals surface area contributed by atoms with E-state index in [0.29, 0.717) is 49.0 Å². The number of hydrazone groups is 1. The van der Waals surface area contributed by atoms with Crippen molar-refractivity contribution in [2.75, 3.05) is 23.1 Å². The Bertz CT molecular complexity index is 1100. The number of aliphatic imine (C=N–C) groups is 2. The molecule has 1 N–H and O–H groups in total. The maximum Gasteiger partial charge on any atom is 0.416 e. The molecule has 0 saturated carbocycles. The molecule has 2 aliphatic heterocycles. The number of hydrazine groups is 1. The van der Waals surface area contributed by atoms with Gasteiger partial charge in [0, 0.05) is 25.9 Å². The number of nitrogens with zero attached hydrogens (tertiary/aromatic N) is 5. The highest BCUT2D eigenvalue weighted by Crippen LogP contribution is 2.33. The quantitative estimate of drug-likeness (QED) is 0.388. The Kier molecular flexibility index (Phi) is 6.00. The highest BCUT2D eigenvalue weighted by Gasteiger charge is 2.32. The van der Waals surface area contributed by atoms with Crippen molar-refractivity contribution in [3.63, 3.8) is 0 Å². The Labute approximate surface area is 184 Å². The van der Waals surface area contributed by atoms with Crippen molar-refractivity contribution in [3.8, 4) is 0 Å². The summed E-state index contributed by atoms with van der Waals surface area (Å²) in [6.07, 6.45) is -6.69. The van der Waals surface area contributed by atoms with Gasteiger partial charge >= 0.3 is 12.4 Å². The number of hydrogen-bond donors (Lipinski definition) is 1. The largest absolute Gasteiger partial charge is 0.416 e. The second-order valence-electron chi connectivity index (χ2n) is 7.32. The predicted molar refractivity (Wildman–Crippen MR) is 113 cm³/mol. The molecule has 1 saturated heterocycles. The molecule has 2 aromatic carbocycles. The van der Waals surface area contributed by atoms with E-state index in [0.717, 1.165) is 24.3 Å². The minimum atomic E-state index is -4.44. The first kappa shape index (κ1) is 22.6. The van der Waals surface area contributed by atoms with Crippen molar-refractivity contribution >= 4 is 29.4 Å². The van der Waals surface area contributed by atoms with Crippen molar-refractivity contribution in [1.29, 1.82) is 0 Å². The zero-order chi connectivity index (χ0) is 23.6. The van der Waals surface area contributed by atoms with E-state index in [1.165, 1.54) is 29.5 Å². The molecule has 2 aliphatic rings. The van der Waals surface area contributed by atoms with Gasteiger partial charge in [-0.1, -0.05) is 12.1 Å². The number of hydrogen-bond acceptors (Lipinski definition) is 4. The van der Waals surface area contributed by atoms with Gasteiger partial charge in [-0.2, -0.15) is 31.4 Å². The van der Waals surface area contributed by atoms with E-state index >= 15 is 0 Å². The first-order chi connectivity index (χ1) is 15.6. The molecule has 2 aromatic rings. The fraction of sp³-hybridized carbons (Fsp3) is 0.286. The monoisotopic (exact) mass is 468 g/mol. The molecule has 1 fully saturated rings. The number of amidine groups is 2. The lowest BCUT2D eigenvalue weighted by atomic mass is 10.2. The fourth-order valence-corrected chi connectivity index (χ4v) is 3.35. The summed E-state index contributed by atoms with van der Waals surface area (Å²) >= 11 is 0. The van der Waals surface area contributed by atoms with Gasteiger partial charge in [0.05, 0.1) is 22.5 Å². The molecule has 2 heterocycles. The van der Waals surface area contributed by atoms with Crippen LogP contribution in [-0.4, -0.2) is 31.1 Å². The summed E-state index contributed by atoms with van der Waals surface area (Å²) in [7, 11) is 0. The molecular formula is C21H18F6N6. The van der Waals surface area contributed by atoms with Crippen molar-refractivity contribution < 1.29 is 26.3 Å². The van der Waals surface area contributed by atoms with E-state index in [4.69, 9.17) is 0 Å². The zero-order valence-electron chi connectivity index (χ0n) is 17.0. The van der Waals surface area contributed by atoms with E-state index in [1.54, 1.807) is 11.1 Å². The van der Waals surface area contributed by atoms with Gasteiger partial charge in [-0.15, -0.1) is 0 Å². The van der Waals surface area contributed by atoms with Crippen molar-refractivity contribution in [2.24, 2.45) is 15.1 Å². The number of benzene rings is 2. The van der Waals surface area contributed by atoms with E-state index in [2.05, 4.69) is 20.5 Å². The molecule has 12 heteroatoms. The van der Waals surface area contributed by atoms with Crippen LogP contribution in [0.4, 0.5) is 37.7 Å². The van der Waals surface area contributed by atoms with Crippen LogP contribution in [0.1, 0.15) is 24.0 Å². The lowest BCUT2D eigenvalue weighted by Crippen LogP contribution is -2.33. The van der Waals surface area contributed by atoms with Gasteiger partial charge in [0.15, 0.2) is 5.84 Å². The first-order valence-corrected chi connectivity index (χ1v) is 9.92. The first-order valence-electron chi connectivity index (χ1n) is 9.92. The van der Waals surface area contributed by atoms with Gasteiger partial charge in [0.1, 0.15) is 12.2 Å². The topological polar surface area (TPSA) is 55.6 Å². The molecule has 0 amide bonds. The number of rotatable bonds is 3. The molecular weight excluding hydrogens is 450 g/mol. The van der Waals surface area contributed by atoms with Crippen LogP contribution >= 0.6 is 0 Å². The van der Waals surface area contributed by atoms with E-state index < -0.39 is 23.5 Å². The molecule has 4 rings (SSSR count). The van der Waals surface area contributed by atoms with Gasteiger partial charge in [-0.05, 0) is 36.4 Å². The number of anilines is 2. The van der Waals surface area contributed by atoms with Crippen LogP contribution < -0.4 is 15.4 Å². The molecule has 0 atom stereocenters. The van der Waals surface area contributed by atoms with Crippen LogP contribution in [0.15, 0.2) is 63.6 Å². The molecule has 0 bridgehead atoms. The minimum absolute atomic E-state index is 0.315. The summed E-state index contributed by atoms with van der Waals surface area (Å²) in [5.74, 6) is 0.925. The van der Waals surface area contributed by atoms with Crippen molar-refractivity contribution in [3.05, 3.63) is 59.7 Å². The summed E-state index contributed by atoms with van der Waals surface area (Å²) in [4.78, 5) is 8.32. The van der Waals surface area contributed by atoms with Crippen LogP contribution in [0.5, 0.6) is 0 Å². The summed E-state index contributed by atoms with van der Waals surface area (Å²) in [6, 6.07) is 9.85. The van der Waals surface area contributed by atoms with Crippen LogP contribution in [0.2, 0.25) is 0 Å². The predicted octanol–water partition coefficient (Wildman–Crippen LogP) is 5.09. The molecule has 6 nitrogen and oxygen atoms in total. The van der Waals surface area contributed by atoms with Crippen molar-refractivity contribution in [1.82, 2.24) is 5.43 Å². The molecule has 0 aliphatic carbocycles. The number of alkyl halides is 6. The van der Waals surface area contributed by atoms with Gasteiger partial charge in [-0.25, -0.2) is 9.98 Å². The van der Waals surface area contributed by atoms with Crippen molar-refractivity contribution in [2.45, 2.75) is 25.2 Å². The van der Waals surface area contributed by atoms with Gasteiger partial charge < -0.3 is 0 Å². The van der Waals surface area contributed by atoms with Crippen LogP contribution in [0.3, 0.4) is 0 Å². The molecule has 174 valence electrons. The molecule has 0 aromatic heterocycles. The van der Waals surface area contributed by atoms with Crippen LogP contribution in [0.25, 0.3) is 0 Å². The lowest BCUT2D eigenvalue weighted by Gasteiger charge is -2.19. The Morgan fingerprint density at radius 1 is 0.848 bits per heavy atom. The molecule has 0 spiro atoms. The summed E-state index contributed by atoms with van der Waals surface area (Å²) < 4.78 is 77.4. The minimum Gasteiger partial charge on any atom is -0.286 e. The van der Waals surface area contributed by atoms with Gasteiger partial charge in [0.2, 0.25) is 0 Å². The Morgan fingerprint density at radius 3 is 2.15 bits per heavy atom. The van der Waals surface area contributed by atoms with Gasteiger partial charge in [0.25, 0.3) is 0 Å². The molecule has 0 unspecified atom stereocenters.